The number of nitrogens with zero attached hydrogens (tertiary/aromatic N) is 3. The van der Waals surface area contributed by atoms with Crippen LogP contribution in [-0.2, 0) is 0 Å². The number of likely N-dealkylation sites (N-methyl/N-ethyl adjacent to an activating group) is 1. The summed E-state index contributed by atoms with van der Waals surface area (Å²) in [5, 5.41) is 0. The van der Waals surface area contributed by atoms with Crippen molar-refractivity contribution in [2.45, 2.75) is 0 Å². The van der Waals surface area contributed by atoms with Crippen molar-refractivity contribution in [3.8, 4) is 11.3 Å². The lowest BCUT2D eigenvalue weighted by Crippen LogP contribution is -2.26. The lowest BCUT2D eigenvalue weighted by atomic mass is 10.1. The van der Waals surface area contributed by atoms with Gasteiger partial charge in [-0.25, -0.2) is 14.4 Å². The van der Waals surface area contributed by atoms with Gasteiger partial charge >= 0.3 is 0 Å². The molecule has 2 rings (SSSR count). The molecule has 4 nitrogen and oxygen atoms in total. The van der Waals surface area contributed by atoms with Crippen molar-refractivity contribution in [1.29, 1.82) is 0 Å². The maximum Gasteiger partial charge on any atom is 0.225 e. The Labute approximate surface area is 119 Å². The molecule has 0 saturated heterocycles. The number of anilines is 1. The number of aromatic nitrogens is 2. The average molecular weight is 325 g/mol. The van der Waals surface area contributed by atoms with E-state index >= 15 is 0 Å². The topological polar surface area (TPSA) is 55.0 Å². The largest absolute Gasteiger partial charge is 0.343 e. The third-order valence-electron chi connectivity index (χ3n) is 2.66. The molecule has 100 valence electrons. The van der Waals surface area contributed by atoms with Gasteiger partial charge in [0.15, 0.2) is 0 Å². The van der Waals surface area contributed by atoms with Crippen LogP contribution in [0.1, 0.15) is 0 Å². The molecule has 0 radical (unpaired) electrons. The molecule has 0 amide bonds. The summed E-state index contributed by atoms with van der Waals surface area (Å²) in [7, 11) is 1.88. The Hall–Kier alpha value is -1.53. The molecule has 0 atom stereocenters. The van der Waals surface area contributed by atoms with Crippen molar-refractivity contribution in [3.63, 3.8) is 0 Å². The van der Waals surface area contributed by atoms with Crippen molar-refractivity contribution < 1.29 is 4.39 Å². The lowest BCUT2D eigenvalue weighted by molar-refractivity contribution is 0.621. The third-order valence-corrected chi connectivity index (χ3v) is 3.27. The Bertz CT molecular complexity index is 576. The highest BCUT2D eigenvalue weighted by molar-refractivity contribution is 9.10. The van der Waals surface area contributed by atoms with E-state index in [0.29, 0.717) is 23.5 Å². The van der Waals surface area contributed by atoms with E-state index in [-0.39, 0.29) is 5.82 Å². The zero-order valence-electron chi connectivity index (χ0n) is 10.5. The number of hydrogen-bond donors (Lipinski definition) is 1. The van der Waals surface area contributed by atoms with Crippen molar-refractivity contribution in [1.82, 2.24) is 9.97 Å². The van der Waals surface area contributed by atoms with E-state index in [1.54, 1.807) is 24.4 Å². The van der Waals surface area contributed by atoms with Crippen LogP contribution in [0.25, 0.3) is 11.3 Å². The van der Waals surface area contributed by atoms with Gasteiger partial charge in [0.2, 0.25) is 5.95 Å². The molecule has 0 saturated carbocycles. The van der Waals surface area contributed by atoms with Crippen LogP contribution in [0.4, 0.5) is 10.3 Å². The maximum atomic E-state index is 13.2. The minimum absolute atomic E-state index is 0.293. The number of halogens is 2. The minimum Gasteiger partial charge on any atom is -0.343 e. The fourth-order valence-corrected chi connectivity index (χ4v) is 2.02. The first-order valence-corrected chi connectivity index (χ1v) is 6.61. The molecule has 1 aromatic heterocycles. The number of rotatable bonds is 4. The Morgan fingerprint density at radius 3 is 2.84 bits per heavy atom. The number of nitrogens with two attached hydrogens (primary N) is 1. The first-order chi connectivity index (χ1) is 9.11. The van der Waals surface area contributed by atoms with E-state index in [0.717, 1.165) is 11.3 Å². The average Bonchev–Trinajstić information content (AvgIpc) is 2.42. The number of benzene rings is 1. The highest BCUT2D eigenvalue weighted by Gasteiger charge is 2.07. The zero-order chi connectivity index (χ0) is 13.8. The van der Waals surface area contributed by atoms with Crippen molar-refractivity contribution in [2.75, 3.05) is 25.0 Å². The van der Waals surface area contributed by atoms with Gasteiger partial charge in [-0.1, -0.05) is 0 Å². The van der Waals surface area contributed by atoms with E-state index in [1.807, 2.05) is 11.9 Å². The van der Waals surface area contributed by atoms with E-state index in [2.05, 4.69) is 25.9 Å². The molecule has 1 aromatic carbocycles. The van der Waals surface area contributed by atoms with Crippen LogP contribution in [0, 0.1) is 5.82 Å². The molecular formula is C13H14BrFN4. The quantitative estimate of drug-likeness (QED) is 0.938. The van der Waals surface area contributed by atoms with E-state index < -0.39 is 0 Å². The Morgan fingerprint density at radius 2 is 2.16 bits per heavy atom. The molecule has 2 N–H and O–H groups in total. The summed E-state index contributed by atoms with van der Waals surface area (Å²) in [4.78, 5) is 10.5. The second kappa shape index (κ2) is 6.08. The lowest BCUT2D eigenvalue weighted by Gasteiger charge is -2.16. The third kappa shape index (κ3) is 3.27. The first-order valence-electron chi connectivity index (χ1n) is 5.81. The summed E-state index contributed by atoms with van der Waals surface area (Å²) in [6.45, 7) is 1.21. The van der Waals surface area contributed by atoms with Crippen LogP contribution in [0.15, 0.2) is 34.9 Å². The monoisotopic (exact) mass is 324 g/mol. The summed E-state index contributed by atoms with van der Waals surface area (Å²) in [6, 6.07) is 6.59. The molecule has 0 aliphatic rings. The Morgan fingerprint density at radius 1 is 1.37 bits per heavy atom. The second-order valence-electron chi connectivity index (χ2n) is 4.08. The van der Waals surface area contributed by atoms with E-state index in [9.17, 15) is 4.39 Å². The van der Waals surface area contributed by atoms with Gasteiger partial charge in [0.05, 0.1) is 10.2 Å². The maximum absolute atomic E-state index is 13.2. The summed E-state index contributed by atoms with van der Waals surface area (Å²) >= 11 is 3.17. The van der Waals surface area contributed by atoms with Gasteiger partial charge in [-0.15, -0.1) is 0 Å². The second-order valence-corrected chi connectivity index (χ2v) is 4.94. The smallest absolute Gasteiger partial charge is 0.225 e. The Kier molecular flexibility index (Phi) is 4.44. The fraction of sp³-hybridized carbons (Fsp3) is 0.231. The standard InChI is InChI=1S/C13H14BrFN4/c1-19(7-5-16)13-17-6-4-12(18-13)9-2-3-11(15)10(14)8-9/h2-4,6,8H,5,7,16H2,1H3. The minimum atomic E-state index is -0.293. The van der Waals surface area contributed by atoms with Crippen LogP contribution in [-0.4, -0.2) is 30.1 Å². The molecule has 0 bridgehead atoms. The Balaban J connectivity index is 2.34. The summed E-state index contributed by atoms with van der Waals surface area (Å²) < 4.78 is 13.6. The molecule has 19 heavy (non-hydrogen) atoms. The van der Waals surface area contributed by atoms with Gasteiger partial charge in [0.25, 0.3) is 0 Å². The normalized spacial score (nSPS) is 10.5. The van der Waals surface area contributed by atoms with E-state index in [4.69, 9.17) is 5.73 Å². The van der Waals surface area contributed by atoms with Gasteiger partial charge in [-0.05, 0) is 40.2 Å². The van der Waals surface area contributed by atoms with Crippen molar-refractivity contribution in [2.24, 2.45) is 5.73 Å². The summed E-state index contributed by atoms with van der Waals surface area (Å²) in [6.07, 6.45) is 1.68. The fourth-order valence-electron chi connectivity index (χ4n) is 1.64. The van der Waals surface area contributed by atoms with Crippen molar-refractivity contribution in [3.05, 3.63) is 40.8 Å². The van der Waals surface area contributed by atoms with Crippen LogP contribution < -0.4 is 10.6 Å². The van der Waals surface area contributed by atoms with Crippen LogP contribution in [0.2, 0.25) is 0 Å². The molecule has 0 fully saturated rings. The summed E-state index contributed by atoms with van der Waals surface area (Å²) in [5.41, 5.74) is 7.08. The van der Waals surface area contributed by atoms with E-state index in [1.165, 1.54) is 6.07 Å². The van der Waals surface area contributed by atoms with Crippen LogP contribution >= 0.6 is 15.9 Å². The van der Waals surface area contributed by atoms with Gasteiger partial charge < -0.3 is 10.6 Å². The zero-order valence-corrected chi connectivity index (χ0v) is 12.1. The molecule has 0 spiro atoms. The molecule has 0 aliphatic carbocycles. The highest BCUT2D eigenvalue weighted by atomic mass is 79.9. The predicted molar refractivity (Wildman–Crippen MR) is 77.5 cm³/mol. The predicted octanol–water partition coefficient (Wildman–Crippen LogP) is 2.44. The van der Waals surface area contributed by atoms with Gasteiger partial charge in [0.1, 0.15) is 5.82 Å². The molecule has 6 heteroatoms. The van der Waals surface area contributed by atoms with Gasteiger partial charge in [-0.2, -0.15) is 0 Å². The molecule has 2 aromatic rings. The molecule has 1 heterocycles. The molecule has 0 unspecified atom stereocenters. The first kappa shape index (κ1) is 13.9. The molecular weight excluding hydrogens is 311 g/mol. The SMILES string of the molecule is CN(CCN)c1nccc(-c2ccc(F)c(Br)c2)n1. The highest BCUT2D eigenvalue weighted by Crippen LogP contribution is 2.24. The summed E-state index contributed by atoms with van der Waals surface area (Å²) in [5.74, 6) is 0.307. The number of hydrogen-bond acceptors (Lipinski definition) is 4. The molecule has 0 aliphatic heterocycles. The van der Waals surface area contributed by atoms with Gasteiger partial charge in [-0.3, -0.25) is 0 Å². The van der Waals surface area contributed by atoms with Crippen LogP contribution in [0.3, 0.4) is 0 Å². The van der Waals surface area contributed by atoms with Crippen LogP contribution in [0.5, 0.6) is 0 Å². The van der Waals surface area contributed by atoms with Crippen molar-refractivity contribution >= 4 is 21.9 Å². The van der Waals surface area contributed by atoms with Gasteiger partial charge in [0, 0.05) is 31.9 Å².